The fourth-order valence-electron chi connectivity index (χ4n) is 14.0. The molecular weight excluding hydrogens is 977 g/mol. The Morgan fingerprint density at radius 1 is 0.198 bits per heavy atom. The van der Waals surface area contributed by atoms with Crippen LogP contribution in [-0.2, 0) is 5.41 Å². The standard InChI is InChI=1S/C79H52N2/c1-79(2)77-47-73-67-37-35-61(80(57-31-27-49-15-3-7-19-53(49)39-57)58-32-28-50-16-4-8-20-54(50)40-58)43-69(67)63-23-11-13-25-65(63)71(73)45-75(77)76-46-72-66-26-14-12-24-64(66)70-44-62(36-38-68(70)74(72)48-78(76)79)81(59-33-29-51-17-5-9-21-55(51)41-59)60-34-30-52-18-6-10-22-56(52)42-60/h3-48H,1-2H3. The lowest BCUT2D eigenvalue weighted by atomic mass is 9.80. The molecule has 0 heterocycles. The van der Waals surface area contributed by atoms with E-state index in [-0.39, 0.29) is 5.41 Å². The van der Waals surface area contributed by atoms with Gasteiger partial charge in [0.05, 0.1) is 0 Å². The van der Waals surface area contributed by atoms with Crippen molar-refractivity contribution in [3.8, 4) is 11.1 Å². The van der Waals surface area contributed by atoms with E-state index in [0.29, 0.717) is 0 Å². The highest BCUT2D eigenvalue weighted by atomic mass is 15.1. The molecule has 0 spiro atoms. The summed E-state index contributed by atoms with van der Waals surface area (Å²) in [5.74, 6) is 0. The molecule has 2 nitrogen and oxygen atoms in total. The van der Waals surface area contributed by atoms with Crippen LogP contribution in [0.25, 0.3) is 119 Å². The SMILES string of the molecule is CC1(C)c2cc3c4ccc(N(c5ccc6ccccc6c5)c5ccc6ccccc6c5)cc4c4ccccc4c3cc2-c2cc3c4ccccc4c4cc(N(c5ccc6ccccc6c5)c5ccc6ccccc6c5)ccc4c3cc21. The van der Waals surface area contributed by atoms with E-state index in [1.54, 1.807) is 0 Å². The number of benzene rings is 16. The largest absolute Gasteiger partial charge is 0.310 e. The van der Waals surface area contributed by atoms with Crippen molar-refractivity contribution < 1.29 is 0 Å². The van der Waals surface area contributed by atoms with E-state index in [2.05, 4.69) is 303 Å². The third-order valence-corrected chi connectivity index (χ3v) is 18.0. The number of hydrogen-bond donors (Lipinski definition) is 0. The number of anilines is 6. The summed E-state index contributed by atoms with van der Waals surface area (Å²) in [6, 6.07) is 105. The molecule has 0 saturated heterocycles. The van der Waals surface area contributed by atoms with E-state index >= 15 is 0 Å². The van der Waals surface area contributed by atoms with Crippen molar-refractivity contribution in [1.82, 2.24) is 0 Å². The molecule has 0 amide bonds. The third-order valence-electron chi connectivity index (χ3n) is 18.0. The van der Waals surface area contributed by atoms with E-state index < -0.39 is 0 Å². The molecular formula is C79H52N2. The van der Waals surface area contributed by atoms with E-state index in [1.165, 1.54) is 130 Å². The number of hydrogen-bond acceptors (Lipinski definition) is 2. The summed E-state index contributed by atoms with van der Waals surface area (Å²) < 4.78 is 0. The highest BCUT2D eigenvalue weighted by Gasteiger charge is 2.37. The Balaban J connectivity index is 0.843. The summed E-state index contributed by atoms with van der Waals surface area (Å²) in [6.45, 7) is 4.88. The van der Waals surface area contributed by atoms with Crippen LogP contribution in [0.4, 0.5) is 34.1 Å². The van der Waals surface area contributed by atoms with Crippen molar-refractivity contribution in [3.05, 3.63) is 290 Å². The minimum atomic E-state index is -0.269. The van der Waals surface area contributed by atoms with Crippen LogP contribution in [0.1, 0.15) is 25.0 Å². The van der Waals surface area contributed by atoms with Crippen LogP contribution in [0.15, 0.2) is 279 Å². The molecule has 0 saturated carbocycles. The zero-order valence-corrected chi connectivity index (χ0v) is 45.0. The quantitative estimate of drug-likeness (QED) is 0.153. The lowest BCUT2D eigenvalue weighted by molar-refractivity contribution is 0.662. The van der Waals surface area contributed by atoms with Gasteiger partial charge in [0.25, 0.3) is 0 Å². The fraction of sp³-hybridized carbons (Fsp3) is 0.0380. The molecule has 0 N–H and O–H groups in total. The summed E-state index contributed by atoms with van der Waals surface area (Å²) in [7, 11) is 0. The minimum absolute atomic E-state index is 0.269. The Bertz CT molecular complexity index is 4870. The number of fused-ring (bicyclic) bond motifs is 19. The molecule has 1 aliphatic rings. The average molecular weight is 1030 g/mol. The minimum Gasteiger partial charge on any atom is -0.310 e. The molecule has 81 heavy (non-hydrogen) atoms. The molecule has 2 heteroatoms. The lowest BCUT2D eigenvalue weighted by Gasteiger charge is -2.27. The average Bonchev–Trinajstić information content (AvgIpc) is 3.09. The van der Waals surface area contributed by atoms with Gasteiger partial charge in [-0.3, -0.25) is 0 Å². The van der Waals surface area contributed by atoms with Crippen LogP contribution in [-0.4, -0.2) is 0 Å². The van der Waals surface area contributed by atoms with Crippen molar-refractivity contribution in [2.75, 3.05) is 9.80 Å². The lowest BCUT2D eigenvalue weighted by Crippen LogP contribution is -2.15. The summed E-state index contributed by atoms with van der Waals surface area (Å²) in [4.78, 5) is 4.87. The normalized spacial score (nSPS) is 12.9. The third kappa shape index (κ3) is 7.00. The first-order valence-electron chi connectivity index (χ1n) is 28.3. The highest BCUT2D eigenvalue weighted by Crippen LogP contribution is 2.54. The Morgan fingerprint density at radius 3 is 0.753 bits per heavy atom. The molecule has 0 fully saturated rings. The van der Waals surface area contributed by atoms with Gasteiger partial charge in [-0.25, -0.2) is 0 Å². The monoisotopic (exact) mass is 1030 g/mol. The number of nitrogens with zero attached hydrogens (tertiary/aromatic N) is 2. The maximum atomic E-state index is 2.55. The van der Waals surface area contributed by atoms with Crippen LogP contribution in [0.2, 0.25) is 0 Å². The zero-order chi connectivity index (χ0) is 53.5. The van der Waals surface area contributed by atoms with Crippen LogP contribution in [0, 0.1) is 0 Å². The van der Waals surface area contributed by atoms with Gasteiger partial charge in [0.2, 0.25) is 0 Å². The van der Waals surface area contributed by atoms with E-state index in [4.69, 9.17) is 0 Å². The van der Waals surface area contributed by atoms with Crippen molar-refractivity contribution in [2.24, 2.45) is 0 Å². The molecule has 0 aromatic heterocycles. The molecule has 378 valence electrons. The summed E-state index contributed by atoms with van der Waals surface area (Å²) in [5.41, 5.74) is 11.9. The summed E-state index contributed by atoms with van der Waals surface area (Å²) in [5, 5.41) is 25.0. The fourth-order valence-corrected chi connectivity index (χ4v) is 14.0. The molecule has 0 aliphatic heterocycles. The Morgan fingerprint density at radius 2 is 0.432 bits per heavy atom. The van der Waals surface area contributed by atoms with Crippen LogP contribution < -0.4 is 9.80 Å². The van der Waals surface area contributed by atoms with Gasteiger partial charge >= 0.3 is 0 Å². The van der Waals surface area contributed by atoms with Crippen molar-refractivity contribution in [2.45, 2.75) is 19.3 Å². The van der Waals surface area contributed by atoms with E-state index in [1.807, 2.05) is 0 Å². The van der Waals surface area contributed by atoms with Crippen LogP contribution in [0.5, 0.6) is 0 Å². The first kappa shape index (κ1) is 45.7. The zero-order valence-electron chi connectivity index (χ0n) is 45.0. The van der Waals surface area contributed by atoms with Crippen LogP contribution in [0.3, 0.4) is 0 Å². The second-order valence-corrected chi connectivity index (χ2v) is 22.9. The first-order chi connectivity index (χ1) is 39.9. The van der Waals surface area contributed by atoms with Crippen molar-refractivity contribution in [1.29, 1.82) is 0 Å². The van der Waals surface area contributed by atoms with E-state index in [9.17, 15) is 0 Å². The van der Waals surface area contributed by atoms with Gasteiger partial charge in [0.1, 0.15) is 0 Å². The molecule has 16 aromatic rings. The molecule has 0 unspecified atom stereocenters. The van der Waals surface area contributed by atoms with Gasteiger partial charge in [0.15, 0.2) is 0 Å². The Labute approximate surface area is 469 Å². The predicted molar refractivity (Wildman–Crippen MR) is 348 cm³/mol. The maximum absolute atomic E-state index is 2.55. The van der Waals surface area contributed by atoms with Gasteiger partial charge < -0.3 is 9.80 Å². The van der Waals surface area contributed by atoms with E-state index in [0.717, 1.165) is 34.1 Å². The highest BCUT2D eigenvalue weighted by molar-refractivity contribution is 6.29. The predicted octanol–water partition coefficient (Wildman–Crippen LogP) is 22.5. The van der Waals surface area contributed by atoms with Gasteiger partial charge in [0, 0.05) is 39.5 Å². The summed E-state index contributed by atoms with van der Waals surface area (Å²) in [6.07, 6.45) is 0. The Kier molecular flexibility index (Phi) is 9.80. The molecule has 17 rings (SSSR count). The topological polar surface area (TPSA) is 6.48 Å². The Hall–Kier alpha value is -10.3. The number of rotatable bonds is 6. The second-order valence-electron chi connectivity index (χ2n) is 22.9. The smallest absolute Gasteiger partial charge is 0.0468 e. The molecule has 0 atom stereocenters. The maximum Gasteiger partial charge on any atom is 0.0468 e. The second kappa shape index (κ2) is 17.4. The van der Waals surface area contributed by atoms with Crippen molar-refractivity contribution in [3.63, 3.8) is 0 Å². The van der Waals surface area contributed by atoms with Crippen LogP contribution >= 0.6 is 0 Å². The molecule has 0 radical (unpaired) electrons. The van der Waals surface area contributed by atoms with Gasteiger partial charge in [-0.2, -0.15) is 0 Å². The van der Waals surface area contributed by atoms with Gasteiger partial charge in [-0.05, 0) is 227 Å². The van der Waals surface area contributed by atoms with Crippen molar-refractivity contribution >= 4 is 142 Å². The first-order valence-corrected chi connectivity index (χ1v) is 28.3. The molecule has 1 aliphatic carbocycles. The van der Waals surface area contributed by atoms with Gasteiger partial charge in [-0.15, -0.1) is 0 Å². The van der Waals surface area contributed by atoms with Gasteiger partial charge in [-0.1, -0.05) is 196 Å². The summed E-state index contributed by atoms with van der Waals surface area (Å²) >= 11 is 0. The molecule has 16 aromatic carbocycles. The molecule has 0 bridgehead atoms.